The summed E-state index contributed by atoms with van der Waals surface area (Å²) in [4.78, 5) is 20.4. The van der Waals surface area contributed by atoms with Crippen LogP contribution in [-0.2, 0) is 0 Å². The average molecular weight is 292 g/mol. The number of phenols is 1. The molecule has 4 nitrogen and oxygen atoms in total. The minimum atomic E-state index is -0.557. The maximum Gasteiger partial charge on any atom is 0.188 e. The predicted molar refractivity (Wildman–Crippen MR) is 74.6 cm³/mol. The van der Waals surface area contributed by atoms with Gasteiger partial charge in [0.15, 0.2) is 10.9 Å². The maximum atomic E-state index is 13.1. The van der Waals surface area contributed by atoms with E-state index in [1.807, 2.05) is 19.9 Å². The lowest BCUT2D eigenvalue weighted by atomic mass is 10.1. The van der Waals surface area contributed by atoms with E-state index in [0.717, 1.165) is 35.3 Å². The fourth-order valence-corrected chi connectivity index (χ4v) is 2.53. The molecule has 6 heteroatoms. The van der Waals surface area contributed by atoms with E-state index in [1.54, 1.807) is 0 Å². The second-order valence-electron chi connectivity index (χ2n) is 4.31. The molecule has 104 valence electrons. The molecule has 0 fully saturated rings. The molecule has 2 aromatic rings. The molecule has 0 bridgehead atoms. The van der Waals surface area contributed by atoms with Gasteiger partial charge in [0, 0.05) is 11.4 Å². The third-order valence-electron chi connectivity index (χ3n) is 2.55. The van der Waals surface area contributed by atoms with Gasteiger partial charge in [-0.15, -0.1) is 0 Å². The first-order valence-electron chi connectivity index (χ1n) is 5.92. The molecule has 20 heavy (non-hydrogen) atoms. The Morgan fingerprint density at radius 2 is 1.90 bits per heavy atom. The van der Waals surface area contributed by atoms with E-state index in [-0.39, 0.29) is 22.8 Å². The number of hydrogen-bond acceptors (Lipinski definition) is 5. The van der Waals surface area contributed by atoms with Gasteiger partial charge in [-0.05, 0) is 38.1 Å². The molecule has 0 unspecified atom stereocenters. The number of aryl methyl sites for hydroxylation is 2. The first-order chi connectivity index (χ1) is 9.45. The monoisotopic (exact) mass is 292 g/mol. The fraction of sp³-hybridized carbons (Fsp3) is 0.214. The summed E-state index contributed by atoms with van der Waals surface area (Å²) in [6.07, 6.45) is 0. The number of carbonyl (C=O) groups excluding carboxylic acids is 1. The molecule has 2 rings (SSSR count). The van der Waals surface area contributed by atoms with Gasteiger partial charge >= 0.3 is 0 Å². The zero-order valence-electron chi connectivity index (χ0n) is 11.1. The Bertz CT molecular complexity index is 641. The van der Waals surface area contributed by atoms with Crippen LogP contribution in [0.2, 0.25) is 0 Å². The number of ketones is 1. The van der Waals surface area contributed by atoms with Gasteiger partial charge in [0.2, 0.25) is 0 Å². The molecule has 0 saturated carbocycles. The molecule has 0 aliphatic rings. The quantitative estimate of drug-likeness (QED) is 0.533. The van der Waals surface area contributed by atoms with Gasteiger partial charge in [0.05, 0.1) is 11.3 Å². The molecule has 1 heterocycles. The molecule has 0 amide bonds. The number of carbonyl (C=O) groups is 1. The van der Waals surface area contributed by atoms with Gasteiger partial charge in [0.1, 0.15) is 11.6 Å². The number of nitrogens with zero attached hydrogens (tertiary/aromatic N) is 2. The lowest BCUT2D eigenvalue weighted by Gasteiger charge is -2.04. The summed E-state index contributed by atoms with van der Waals surface area (Å²) in [6, 6.07) is 5.14. The molecule has 0 atom stereocenters. The summed E-state index contributed by atoms with van der Waals surface area (Å²) in [5, 5.41) is 10.1. The van der Waals surface area contributed by atoms with Crippen LogP contribution in [0.25, 0.3) is 0 Å². The summed E-state index contributed by atoms with van der Waals surface area (Å²) in [5.41, 5.74) is 1.61. The van der Waals surface area contributed by atoms with Crippen LogP contribution in [0.4, 0.5) is 4.39 Å². The molecular weight excluding hydrogens is 279 g/mol. The van der Waals surface area contributed by atoms with Crippen molar-refractivity contribution in [2.75, 3.05) is 5.75 Å². The molecule has 0 saturated heterocycles. The van der Waals surface area contributed by atoms with E-state index in [4.69, 9.17) is 0 Å². The van der Waals surface area contributed by atoms with Crippen LogP contribution in [0.15, 0.2) is 29.4 Å². The fourth-order valence-electron chi connectivity index (χ4n) is 1.70. The Morgan fingerprint density at radius 1 is 1.25 bits per heavy atom. The normalized spacial score (nSPS) is 10.6. The van der Waals surface area contributed by atoms with Crippen LogP contribution < -0.4 is 0 Å². The van der Waals surface area contributed by atoms with E-state index in [9.17, 15) is 14.3 Å². The number of phenolic OH excluding ortho intramolecular Hbond substituents is 1. The number of hydrogen-bond donors (Lipinski definition) is 1. The number of thioether (sulfide) groups is 1. The second kappa shape index (κ2) is 6.00. The highest BCUT2D eigenvalue weighted by atomic mass is 32.2. The second-order valence-corrected chi connectivity index (χ2v) is 5.25. The molecule has 1 aromatic carbocycles. The highest BCUT2D eigenvalue weighted by Gasteiger charge is 2.13. The zero-order chi connectivity index (χ0) is 14.7. The number of aromatic hydroxyl groups is 1. The first kappa shape index (κ1) is 14.5. The maximum absolute atomic E-state index is 13.1. The standard InChI is InChI=1S/C14H13FN2O2S/c1-8-5-9(2)17-14(16-8)20-7-13(19)11-6-10(15)3-4-12(11)18/h3-6,18H,7H2,1-2H3. The Hall–Kier alpha value is -1.95. The van der Waals surface area contributed by atoms with Crippen molar-refractivity contribution < 1.29 is 14.3 Å². The van der Waals surface area contributed by atoms with Gasteiger partial charge < -0.3 is 5.11 Å². The third kappa shape index (κ3) is 3.54. The van der Waals surface area contributed by atoms with Crippen molar-refractivity contribution in [3.8, 4) is 5.75 Å². The number of aromatic nitrogens is 2. The first-order valence-corrected chi connectivity index (χ1v) is 6.91. The van der Waals surface area contributed by atoms with Crippen molar-refractivity contribution in [2.24, 2.45) is 0 Å². The van der Waals surface area contributed by atoms with Gasteiger partial charge in [-0.1, -0.05) is 11.8 Å². The summed E-state index contributed by atoms with van der Waals surface area (Å²) >= 11 is 1.16. The minimum Gasteiger partial charge on any atom is -0.507 e. The molecule has 1 aromatic heterocycles. The van der Waals surface area contributed by atoms with E-state index in [0.29, 0.717) is 5.16 Å². The Labute approximate surface area is 120 Å². The Balaban J connectivity index is 2.10. The predicted octanol–water partition coefficient (Wildman–Crippen LogP) is 2.91. The molecule has 0 spiro atoms. The number of halogens is 1. The van der Waals surface area contributed by atoms with Crippen LogP contribution in [0.3, 0.4) is 0 Å². The summed E-state index contributed by atoms with van der Waals surface area (Å²) in [7, 11) is 0. The van der Waals surface area contributed by atoms with Gasteiger partial charge in [0.25, 0.3) is 0 Å². The number of Topliss-reactive ketones (excluding diaryl/α,β-unsaturated/α-hetero) is 1. The van der Waals surface area contributed by atoms with Crippen LogP contribution in [0, 0.1) is 19.7 Å². The van der Waals surface area contributed by atoms with Crippen LogP contribution in [0.5, 0.6) is 5.75 Å². The SMILES string of the molecule is Cc1cc(C)nc(SCC(=O)c2cc(F)ccc2O)n1. The van der Waals surface area contributed by atoms with E-state index in [2.05, 4.69) is 9.97 Å². The van der Waals surface area contributed by atoms with E-state index >= 15 is 0 Å². The molecular formula is C14H13FN2O2S. The summed E-state index contributed by atoms with van der Waals surface area (Å²) < 4.78 is 13.1. The summed E-state index contributed by atoms with van der Waals surface area (Å²) in [6.45, 7) is 3.69. The van der Waals surface area contributed by atoms with Crippen LogP contribution in [0.1, 0.15) is 21.7 Å². The zero-order valence-corrected chi connectivity index (χ0v) is 11.9. The Morgan fingerprint density at radius 3 is 2.55 bits per heavy atom. The molecule has 1 N–H and O–H groups in total. The third-order valence-corrected chi connectivity index (χ3v) is 3.40. The van der Waals surface area contributed by atoms with Gasteiger partial charge in [-0.2, -0.15) is 0 Å². The van der Waals surface area contributed by atoms with Crippen LogP contribution >= 0.6 is 11.8 Å². The molecule has 0 aliphatic carbocycles. The van der Waals surface area contributed by atoms with E-state index < -0.39 is 5.82 Å². The van der Waals surface area contributed by atoms with Crippen molar-refractivity contribution in [3.63, 3.8) is 0 Å². The van der Waals surface area contributed by atoms with Crippen LogP contribution in [-0.4, -0.2) is 26.6 Å². The molecule has 0 aliphatic heterocycles. The summed E-state index contributed by atoms with van der Waals surface area (Å²) in [5.74, 6) is -1.10. The topological polar surface area (TPSA) is 63.1 Å². The highest BCUT2D eigenvalue weighted by molar-refractivity contribution is 7.99. The van der Waals surface area contributed by atoms with Crippen molar-refractivity contribution in [3.05, 3.63) is 47.0 Å². The van der Waals surface area contributed by atoms with Crippen molar-refractivity contribution >= 4 is 17.5 Å². The number of benzene rings is 1. The van der Waals surface area contributed by atoms with Gasteiger partial charge in [-0.3, -0.25) is 4.79 Å². The van der Waals surface area contributed by atoms with Crippen molar-refractivity contribution in [1.29, 1.82) is 0 Å². The lowest BCUT2D eigenvalue weighted by molar-refractivity contribution is 0.101. The highest BCUT2D eigenvalue weighted by Crippen LogP contribution is 2.22. The smallest absolute Gasteiger partial charge is 0.188 e. The number of rotatable bonds is 4. The Kier molecular flexibility index (Phi) is 4.34. The minimum absolute atomic E-state index is 0.0260. The van der Waals surface area contributed by atoms with Gasteiger partial charge in [-0.25, -0.2) is 14.4 Å². The average Bonchev–Trinajstić information content (AvgIpc) is 2.38. The van der Waals surface area contributed by atoms with Crippen molar-refractivity contribution in [2.45, 2.75) is 19.0 Å². The largest absolute Gasteiger partial charge is 0.507 e. The van der Waals surface area contributed by atoms with Crippen molar-refractivity contribution in [1.82, 2.24) is 9.97 Å². The molecule has 0 radical (unpaired) electrons. The lowest BCUT2D eigenvalue weighted by Crippen LogP contribution is -2.04. The van der Waals surface area contributed by atoms with E-state index in [1.165, 1.54) is 6.07 Å².